The Balaban J connectivity index is 1.24. The van der Waals surface area contributed by atoms with Gasteiger partial charge in [-0.1, -0.05) is 33.6 Å². The van der Waals surface area contributed by atoms with Gasteiger partial charge in [0.2, 0.25) is 11.8 Å². The van der Waals surface area contributed by atoms with Crippen LogP contribution in [-0.2, 0) is 0 Å². The number of nitrogens with zero attached hydrogens (tertiary/aromatic N) is 3. The van der Waals surface area contributed by atoms with Gasteiger partial charge in [0.1, 0.15) is 0 Å². The fourth-order valence-corrected chi connectivity index (χ4v) is 7.99. The molecule has 0 amide bonds. The zero-order valence-corrected chi connectivity index (χ0v) is 20.6. The summed E-state index contributed by atoms with van der Waals surface area (Å²) in [4.78, 5) is 2.80. The highest BCUT2D eigenvalue weighted by Gasteiger charge is 2.51. The Morgan fingerprint density at radius 2 is 1.48 bits per heavy atom. The van der Waals surface area contributed by atoms with E-state index in [1.807, 2.05) is 0 Å². The lowest BCUT2D eigenvalue weighted by Crippen LogP contribution is -2.41. The van der Waals surface area contributed by atoms with Crippen LogP contribution in [0.3, 0.4) is 0 Å². The highest BCUT2D eigenvalue weighted by molar-refractivity contribution is 6.18. The summed E-state index contributed by atoms with van der Waals surface area (Å²) in [5.74, 6) is 6.05. The molecule has 3 saturated carbocycles. The van der Waals surface area contributed by atoms with Gasteiger partial charge in [0, 0.05) is 36.3 Å². The van der Waals surface area contributed by atoms with Crippen LogP contribution >= 0.6 is 11.6 Å². The van der Waals surface area contributed by atoms with Gasteiger partial charge in [-0.3, -0.25) is 4.90 Å². The number of rotatable bonds is 4. The Morgan fingerprint density at radius 3 is 2.19 bits per heavy atom. The fourth-order valence-electron chi connectivity index (χ4n) is 7.79. The Kier molecular flexibility index (Phi) is 6.42. The lowest BCUT2D eigenvalue weighted by Gasteiger charge is -2.36. The monoisotopic (exact) mass is 447 g/mol. The molecule has 5 heteroatoms. The largest absolute Gasteiger partial charge is 0.425 e. The van der Waals surface area contributed by atoms with E-state index >= 15 is 0 Å². The van der Waals surface area contributed by atoms with Crippen LogP contribution in [0.2, 0.25) is 0 Å². The van der Waals surface area contributed by atoms with Crippen molar-refractivity contribution in [3.63, 3.8) is 0 Å². The minimum absolute atomic E-state index is 0.416. The molecule has 1 saturated heterocycles. The number of likely N-dealkylation sites (tertiary alicyclic amines) is 1. The Hall–Kier alpha value is -0.610. The predicted molar refractivity (Wildman–Crippen MR) is 125 cm³/mol. The lowest BCUT2D eigenvalue weighted by molar-refractivity contribution is 0.139. The van der Waals surface area contributed by atoms with Crippen molar-refractivity contribution in [2.75, 3.05) is 12.4 Å². The fraction of sp³-hybridized carbons (Fsp3) is 0.923. The molecule has 31 heavy (non-hydrogen) atoms. The highest BCUT2D eigenvalue weighted by atomic mass is 35.5. The first-order chi connectivity index (χ1) is 15.0. The topological polar surface area (TPSA) is 42.2 Å². The maximum absolute atomic E-state index is 6.39. The van der Waals surface area contributed by atoms with Crippen LogP contribution in [-0.4, -0.2) is 39.6 Å². The Morgan fingerprint density at radius 1 is 0.839 bits per heavy atom. The van der Waals surface area contributed by atoms with Crippen LogP contribution in [0.25, 0.3) is 0 Å². The van der Waals surface area contributed by atoms with Crippen LogP contribution < -0.4 is 0 Å². The molecule has 4 nitrogen and oxygen atoms in total. The number of hydrogen-bond acceptors (Lipinski definition) is 4. The lowest BCUT2D eigenvalue weighted by atomic mass is 9.70. The molecule has 0 aromatic carbocycles. The Labute approximate surface area is 193 Å². The van der Waals surface area contributed by atoms with Crippen LogP contribution in [0.5, 0.6) is 0 Å². The number of halogens is 1. The van der Waals surface area contributed by atoms with E-state index in [0.717, 1.165) is 54.0 Å². The summed E-state index contributed by atoms with van der Waals surface area (Å²) in [5, 5.41) is 9.17. The van der Waals surface area contributed by atoms with Gasteiger partial charge in [0.15, 0.2) is 0 Å². The maximum Gasteiger partial charge on any atom is 0.219 e. The second-order valence-corrected chi connectivity index (χ2v) is 12.5. The van der Waals surface area contributed by atoms with E-state index in [-0.39, 0.29) is 0 Å². The minimum Gasteiger partial charge on any atom is -0.425 e. The summed E-state index contributed by atoms with van der Waals surface area (Å²) < 4.78 is 6.39. The standard InChI is InChI=1S/C26H42ClN3O/c1-26(2,3)19-11-8-17(9-12-19)24-28-29-25(31-24)18-10-13-23-21(16-18)20-6-4-5-7-22(20)30(23)15-14-27/h17-23H,4-16H2,1-3H3. The molecule has 4 fully saturated rings. The molecule has 1 aliphatic heterocycles. The summed E-state index contributed by atoms with van der Waals surface area (Å²) in [6.07, 6.45) is 14.3. The number of fused-ring (bicyclic) bond motifs is 3. The predicted octanol–water partition coefficient (Wildman–Crippen LogP) is 6.76. The summed E-state index contributed by atoms with van der Waals surface area (Å²) >= 11 is 6.20. The van der Waals surface area contributed by atoms with E-state index in [4.69, 9.17) is 16.0 Å². The van der Waals surface area contributed by atoms with Crippen molar-refractivity contribution in [2.24, 2.45) is 23.2 Å². The second kappa shape index (κ2) is 8.97. The van der Waals surface area contributed by atoms with Crippen molar-refractivity contribution < 1.29 is 4.42 Å². The SMILES string of the molecule is CC(C)(C)C1CCC(c2nnc(C3CCC4C(C3)C3CCCCC3N4CCCl)o2)CC1. The number of aromatic nitrogens is 2. The summed E-state index contributed by atoms with van der Waals surface area (Å²) in [5.41, 5.74) is 0.416. The zero-order valence-electron chi connectivity index (χ0n) is 19.9. The smallest absolute Gasteiger partial charge is 0.219 e. The highest BCUT2D eigenvalue weighted by Crippen LogP contribution is 2.52. The molecule has 0 spiro atoms. The van der Waals surface area contributed by atoms with Crippen molar-refractivity contribution in [3.05, 3.63) is 11.8 Å². The number of hydrogen-bond donors (Lipinski definition) is 0. The van der Waals surface area contributed by atoms with Crippen LogP contribution in [0.4, 0.5) is 0 Å². The molecule has 0 bridgehead atoms. The summed E-state index contributed by atoms with van der Waals surface area (Å²) in [7, 11) is 0. The molecule has 5 unspecified atom stereocenters. The van der Waals surface area contributed by atoms with Crippen LogP contribution in [0.1, 0.15) is 115 Å². The molecule has 5 atom stereocenters. The quantitative estimate of drug-likeness (QED) is 0.478. The first-order valence-electron chi connectivity index (χ1n) is 13.1. The van der Waals surface area contributed by atoms with Crippen molar-refractivity contribution in [1.29, 1.82) is 0 Å². The third-order valence-corrected chi connectivity index (χ3v) is 9.66. The van der Waals surface area contributed by atoms with E-state index < -0.39 is 0 Å². The number of alkyl halides is 1. The van der Waals surface area contributed by atoms with Gasteiger partial charge >= 0.3 is 0 Å². The Bertz CT molecular complexity index is 735. The van der Waals surface area contributed by atoms with E-state index in [9.17, 15) is 0 Å². The van der Waals surface area contributed by atoms with Crippen molar-refractivity contribution in [1.82, 2.24) is 15.1 Å². The molecule has 2 heterocycles. The van der Waals surface area contributed by atoms with Gasteiger partial charge in [-0.15, -0.1) is 21.8 Å². The van der Waals surface area contributed by atoms with E-state index in [1.54, 1.807) is 0 Å². The van der Waals surface area contributed by atoms with E-state index in [0.29, 0.717) is 17.3 Å². The van der Waals surface area contributed by atoms with Gasteiger partial charge in [-0.05, 0) is 81.0 Å². The zero-order chi connectivity index (χ0) is 21.6. The summed E-state index contributed by atoms with van der Waals surface area (Å²) in [6, 6.07) is 1.51. The molecule has 0 radical (unpaired) electrons. The van der Waals surface area contributed by atoms with Crippen molar-refractivity contribution in [3.8, 4) is 0 Å². The molecule has 174 valence electrons. The molecule has 1 aromatic heterocycles. The summed E-state index contributed by atoms with van der Waals surface area (Å²) in [6.45, 7) is 8.21. The third kappa shape index (κ3) is 4.33. The third-order valence-electron chi connectivity index (χ3n) is 9.49. The van der Waals surface area contributed by atoms with Crippen LogP contribution in [0.15, 0.2) is 4.42 Å². The average Bonchev–Trinajstić information content (AvgIpc) is 3.38. The molecular weight excluding hydrogens is 406 g/mol. The molecule has 0 N–H and O–H groups in total. The average molecular weight is 448 g/mol. The van der Waals surface area contributed by atoms with Gasteiger partial charge in [-0.2, -0.15) is 0 Å². The second-order valence-electron chi connectivity index (χ2n) is 12.1. The molecule has 4 aliphatic rings. The van der Waals surface area contributed by atoms with Crippen LogP contribution in [0, 0.1) is 23.2 Å². The van der Waals surface area contributed by atoms with E-state index in [2.05, 4.69) is 35.9 Å². The van der Waals surface area contributed by atoms with Crippen molar-refractivity contribution >= 4 is 11.6 Å². The molecule has 1 aromatic rings. The van der Waals surface area contributed by atoms with Gasteiger partial charge in [-0.25, -0.2) is 0 Å². The van der Waals surface area contributed by atoms with Gasteiger partial charge in [0.05, 0.1) is 0 Å². The molecule has 5 rings (SSSR count). The first-order valence-corrected chi connectivity index (χ1v) is 13.6. The first kappa shape index (κ1) is 22.2. The minimum atomic E-state index is 0.416. The van der Waals surface area contributed by atoms with Gasteiger partial charge < -0.3 is 4.42 Å². The normalized spacial score (nSPS) is 39.3. The van der Waals surface area contributed by atoms with E-state index in [1.165, 1.54) is 70.6 Å². The molecular formula is C26H42ClN3O. The van der Waals surface area contributed by atoms with Crippen molar-refractivity contribution in [2.45, 2.75) is 115 Å². The molecule has 3 aliphatic carbocycles. The maximum atomic E-state index is 6.39. The van der Waals surface area contributed by atoms with Gasteiger partial charge in [0.25, 0.3) is 0 Å².